The number of H-pyrrole nitrogens is 1. The van der Waals surface area contributed by atoms with E-state index in [2.05, 4.69) is 24.9 Å². The first-order valence-corrected chi connectivity index (χ1v) is 9.94. The summed E-state index contributed by atoms with van der Waals surface area (Å²) in [4.78, 5) is 28.5. The monoisotopic (exact) mass is 409 g/mol. The molecule has 0 bridgehead atoms. The van der Waals surface area contributed by atoms with E-state index in [9.17, 15) is 10.1 Å². The highest BCUT2D eigenvalue weighted by Crippen LogP contribution is 2.28. The van der Waals surface area contributed by atoms with Crippen LogP contribution in [0, 0.1) is 24.0 Å². The zero-order valence-electron chi connectivity index (χ0n) is 17.1. The van der Waals surface area contributed by atoms with Gasteiger partial charge in [-0.25, -0.2) is 15.0 Å². The third-order valence-corrected chi connectivity index (χ3v) is 5.47. The van der Waals surface area contributed by atoms with Gasteiger partial charge >= 0.3 is 0 Å². The fourth-order valence-corrected chi connectivity index (χ4v) is 3.68. The zero-order chi connectivity index (χ0) is 21.5. The number of hydrogen-bond acceptors (Lipinski definition) is 5. The van der Waals surface area contributed by atoms with Crippen LogP contribution in [0.2, 0.25) is 0 Å². The molecular weight excluding hydrogens is 390 g/mol. The van der Waals surface area contributed by atoms with Gasteiger partial charge in [0, 0.05) is 18.6 Å². The summed E-state index contributed by atoms with van der Waals surface area (Å²) in [5.74, 6) is 0.604. The predicted molar refractivity (Wildman–Crippen MR) is 120 cm³/mol. The van der Waals surface area contributed by atoms with E-state index in [0.29, 0.717) is 29.0 Å². The van der Waals surface area contributed by atoms with Gasteiger partial charge in [-0.15, -0.1) is 0 Å². The lowest BCUT2D eigenvalue weighted by molar-refractivity contribution is -0.384. The number of aryl methyl sites for hydroxylation is 2. The van der Waals surface area contributed by atoms with Crippen molar-refractivity contribution >= 4 is 27.8 Å². The molecule has 0 spiro atoms. The number of nitro benzene ring substituents is 1. The number of aromatic nitrogens is 4. The predicted octanol–water partition coefficient (Wildman–Crippen LogP) is 5.29. The molecule has 7 nitrogen and oxygen atoms in total. The van der Waals surface area contributed by atoms with Gasteiger partial charge in [0.25, 0.3) is 5.69 Å². The summed E-state index contributed by atoms with van der Waals surface area (Å²) >= 11 is 0. The Hall–Kier alpha value is -4.13. The van der Waals surface area contributed by atoms with Crippen LogP contribution < -0.4 is 0 Å². The highest BCUT2D eigenvalue weighted by molar-refractivity contribution is 5.83. The van der Waals surface area contributed by atoms with Crippen LogP contribution in [0.4, 0.5) is 5.69 Å². The molecule has 0 radical (unpaired) electrons. The van der Waals surface area contributed by atoms with E-state index in [4.69, 9.17) is 15.0 Å². The lowest BCUT2D eigenvalue weighted by Crippen LogP contribution is -2.02. The fourth-order valence-electron chi connectivity index (χ4n) is 3.68. The first kappa shape index (κ1) is 18.9. The molecule has 0 aliphatic rings. The number of benzene rings is 3. The lowest BCUT2D eigenvalue weighted by atomic mass is 10.1. The number of nitrogens with one attached hydrogen (secondary N) is 1. The first-order valence-electron chi connectivity index (χ1n) is 9.94. The van der Waals surface area contributed by atoms with Gasteiger partial charge < -0.3 is 4.98 Å². The summed E-state index contributed by atoms with van der Waals surface area (Å²) in [6.45, 7) is 4.12. The molecule has 3 aromatic carbocycles. The normalized spacial score (nSPS) is 11.3. The Kier molecular flexibility index (Phi) is 4.43. The number of aromatic amines is 1. The van der Waals surface area contributed by atoms with Crippen molar-refractivity contribution in [2.75, 3.05) is 0 Å². The Morgan fingerprint density at radius 1 is 0.871 bits per heavy atom. The van der Waals surface area contributed by atoms with Crippen molar-refractivity contribution in [1.29, 1.82) is 0 Å². The second kappa shape index (κ2) is 7.28. The molecule has 0 aliphatic carbocycles. The van der Waals surface area contributed by atoms with Crippen LogP contribution in [0.25, 0.3) is 33.6 Å². The largest absolute Gasteiger partial charge is 0.337 e. The molecular formula is C24H19N5O2. The van der Waals surface area contributed by atoms with Gasteiger partial charge in [-0.3, -0.25) is 10.1 Å². The van der Waals surface area contributed by atoms with Crippen LogP contribution in [0.5, 0.6) is 0 Å². The number of rotatable bonds is 4. The van der Waals surface area contributed by atoms with Crippen molar-refractivity contribution in [2.45, 2.75) is 20.3 Å². The molecule has 2 aromatic heterocycles. The van der Waals surface area contributed by atoms with Crippen LogP contribution in [0.1, 0.15) is 22.4 Å². The number of fused-ring (bicyclic) bond motifs is 2. The van der Waals surface area contributed by atoms with Crippen molar-refractivity contribution < 1.29 is 4.92 Å². The number of nitrogens with zero attached hydrogens (tertiary/aromatic N) is 4. The van der Waals surface area contributed by atoms with Crippen molar-refractivity contribution in [3.05, 3.63) is 93.2 Å². The number of imidazole rings is 1. The molecule has 5 rings (SSSR count). The standard InChI is InChI=1S/C24H19N5O2/c1-14-10-19-20(11-15(14)2)28-24(27-19)23-22(12-16-6-4-3-5-7-16)25-18-9-8-17(29(30)31)13-21(18)26-23/h3-11,13H,12H2,1-2H3,(H,27,28). The Balaban J connectivity index is 1.73. The molecule has 0 saturated heterocycles. The van der Waals surface area contributed by atoms with Gasteiger partial charge in [0.15, 0.2) is 5.82 Å². The summed E-state index contributed by atoms with van der Waals surface area (Å²) in [7, 11) is 0. The van der Waals surface area contributed by atoms with E-state index in [1.165, 1.54) is 17.7 Å². The Labute approximate surface area is 178 Å². The van der Waals surface area contributed by atoms with Gasteiger partial charge in [0.1, 0.15) is 5.69 Å². The van der Waals surface area contributed by atoms with Gasteiger partial charge in [0.05, 0.1) is 32.7 Å². The van der Waals surface area contributed by atoms with E-state index in [1.807, 2.05) is 36.4 Å². The average molecular weight is 409 g/mol. The molecule has 5 aromatic rings. The molecule has 152 valence electrons. The maximum absolute atomic E-state index is 11.2. The van der Waals surface area contributed by atoms with Crippen molar-refractivity contribution in [1.82, 2.24) is 19.9 Å². The Morgan fingerprint density at radius 2 is 1.65 bits per heavy atom. The van der Waals surface area contributed by atoms with E-state index >= 15 is 0 Å². The fraction of sp³-hybridized carbons (Fsp3) is 0.125. The molecule has 0 saturated carbocycles. The minimum absolute atomic E-state index is 0.0144. The summed E-state index contributed by atoms with van der Waals surface area (Å²) < 4.78 is 0. The second-order valence-corrected chi connectivity index (χ2v) is 7.65. The van der Waals surface area contributed by atoms with Crippen molar-refractivity contribution in [3.8, 4) is 11.5 Å². The summed E-state index contributed by atoms with van der Waals surface area (Å²) in [5.41, 5.74) is 7.64. The van der Waals surface area contributed by atoms with Crippen LogP contribution in [-0.2, 0) is 6.42 Å². The minimum Gasteiger partial charge on any atom is -0.337 e. The smallest absolute Gasteiger partial charge is 0.271 e. The highest BCUT2D eigenvalue weighted by Gasteiger charge is 2.17. The van der Waals surface area contributed by atoms with E-state index in [0.717, 1.165) is 27.9 Å². The first-order chi connectivity index (χ1) is 15.0. The molecule has 0 aliphatic heterocycles. The summed E-state index contributed by atoms with van der Waals surface area (Å²) in [6.07, 6.45) is 0.575. The van der Waals surface area contributed by atoms with Gasteiger partial charge in [-0.2, -0.15) is 0 Å². The SMILES string of the molecule is Cc1cc2nc(-c3nc4cc([N+](=O)[O-])ccc4nc3Cc3ccccc3)[nH]c2cc1C. The third kappa shape index (κ3) is 3.50. The van der Waals surface area contributed by atoms with E-state index in [1.54, 1.807) is 6.07 Å². The topological polar surface area (TPSA) is 97.6 Å². The van der Waals surface area contributed by atoms with Gasteiger partial charge in [0.2, 0.25) is 0 Å². The van der Waals surface area contributed by atoms with Crippen LogP contribution >= 0.6 is 0 Å². The summed E-state index contributed by atoms with van der Waals surface area (Å²) in [5, 5.41) is 11.2. The molecule has 31 heavy (non-hydrogen) atoms. The molecule has 0 atom stereocenters. The highest BCUT2D eigenvalue weighted by atomic mass is 16.6. The second-order valence-electron chi connectivity index (χ2n) is 7.65. The van der Waals surface area contributed by atoms with Gasteiger partial charge in [-0.05, 0) is 48.7 Å². The third-order valence-electron chi connectivity index (χ3n) is 5.47. The lowest BCUT2D eigenvalue weighted by Gasteiger charge is -2.08. The molecule has 2 heterocycles. The minimum atomic E-state index is -0.425. The quantitative estimate of drug-likeness (QED) is 0.321. The maximum atomic E-state index is 11.2. The van der Waals surface area contributed by atoms with Crippen LogP contribution in [-0.4, -0.2) is 24.9 Å². The molecule has 1 N–H and O–H groups in total. The van der Waals surface area contributed by atoms with E-state index < -0.39 is 4.92 Å². The summed E-state index contributed by atoms with van der Waals surface area (Å²) in [6, 6.07) is 18.7. The Bertz CT molecular complexity index is 1420. The molecule has 7 heteroatoms. The van der Waals surface area contributed by atoms with Crippen LogP contribution in [0.15, 0.2) is 60.7 Å². The van der Waals surface area contributed by atoms with Crippen molar-refractivity contribution in [3.63, 3.8) is 0 Å². The Morgan fingerprint density at radius 3 is 2.42 bits per heavy atom. The molecule has 0 unspecified atom stereocenters. The van der Waals surface area contributed by atoms with Crippen LogP contribution in [0.3, 0.4) is 0 Å². The van der Waals surface area contributed by atoms with E-state index in [-0.39, 0.29) is 5.69 Å². The number of nitro groups is 1. The molecule has 0 fully saturated rings. The number of non-ortho nitro benzene ring substituents is 1. The maximum Gasteiger partial charge on any atom is 0.271 e. The molecule has 0 amide bonds. The number of hydrogen-bond donors (Lipinski definition) is 1. The van der Waals surface area contributed by atoms with Crippen molar-refractivity contribution in [2.24, 2.45) is 0 Å². The van der Waals surface area contributed by atoms with Gasteiger partial charge in [-0.1, -0.05) is 30.3 Å². The average Bonchev–Trinajstić information content (AvgIpc) is 3.16. The zero-order valence-corrected chi connectivity index (χ0v) is 17.1.